The van der Waals surface area contributed by atoms with Crippen LogP contribution in [0.2, 0.25) is 0 Å². The Balaban J connectivity index is 2.09. The normalized spacial score (nSPS) is 25.3. The molecule has 0 saturated carbocycles. The van der Waals surface area contributed by atoms with Crippen LogP contribution in [-0.4, -0.2) is 34.3 Å². The summed E-state index contributed by atoms with van der Waals surface area (Å²) in [5.41, 5.74) is 0.940. The molecule has 0 aromatic heterocycles. The van der Waals surface area contributed by atoms with E-state index in [1.54, 1.807) is 0 Å². The first-order valence-corrected chi connectivity index (χ1v) is 7.22. The number of aliphatic hydroxyl groups is 1. The summed E-state index contributed by atoms with van der Waals surface area (Å²) in [6.45, 7) is 4.11. The third-order valence-corrected chi connectivity index (χ3v) is 4.45. The van der Waals surface area contributed by atoms with Gasteiger partial charge in [-0.2, -0.15) is 0 Å². The lowest BCUT2D eigenvalue weighted by Crippen LogP contribution is -2.42. The van der Waals surface area contributed by atoms with Gasteiger partial charge in [-0.15, -0.1) is 0 Å². The van der Waals surface area contributed by atoms with Crippen LogP contribution in [0.25, 0.3) is 0 Å². The van der Waals surface area contributed by atoms with Gasteiger partial charge in [-0.3, -0.25) is 4.90 Å². The van der Waals surface area contributed by atoms with Crippen LogP contribution in [0.3, 0.4) is 0 Å². The molecule has 1 heterocycles. The fraction of sp³-hybridized carbons (Fsp3) is 0.571. The van der Waals surface area contributed by atoms with E-state index in [2.05, 4.69) is 27.8 Å². The third-order valence-electron chi connectivity index (χ3n) is 3.81. The summed E-state index contributed by atoms with van der Waals surface area (Å²) in [7, 11) is 0. The number of halogens is 1. The average Bonchev–Trinajstić information content (AvgIpc) is 2.37. The number of piperidine rings is 1. The van der Waals surface area contributed by atoms with Crippen molar-refractivity contribution in [2.45, 2.75) is 32.4 Å². The van der Waals surface area contributed by atoms with Gasteiger partial charge in [0.25, 0.3) is 0 Å². The summed E-state index contributed by atoms with van der Waals surface area (Å²) in [4.78, 5) is 2.34. The maximum atomic E-state index is 10.0. The zero-order valence-corrected chi connectivity index (χ0v) is 12.2. The molecule has 100 valence electrons. The van der Waals surface area contributed by atoms with Crippen molar-refractivity contribution in [3.05, 3.63) is 28.2 Å². The van der Waals surface area contributed by atoms with Crippen LogP contribution in [0.5, 0.6) is 5.75 Å². The number of likely N-dealkylation sites (tertiary alicyclic amines) is 1. The molecule has 2 N–H and O–H groups in total. The summed E-state index contributed by atoms with van der Waals surface area (Å²) in [6, 6.07) is 6.24. The number of nitrogens with zero attached hydrogens (tertiary/aromatic N) is 1. The number of para-hydroxylation sites is 1. The minimum atomic E-state index is 0.258. The maximum absolute atomic E-state index is 10.0. The molecule has 1 aliphatic rings. The van der Waals surface area contributed by atoms with Gasteiger partial charge < -0.3 is 10.2 Å². The van der Waals surface area contributed by atoms with Crippen LogP contribution < -0.4 is 0 Å². The number of aliphatic hydroxyl groups excluding tert-OH is 1. The summed E-state index contributed by atoms with van der Waals surface area (Å²) < 4.78 is 0.739. The van der Waals surface area contributed by atoms with E-state index in [4.69, 9.17) is 0 Å². The SMILES string of the molecule is CC1CCC(CO)CN1Cc1cccc(Br)c1O. The van der Waals surface area contributed by atoms with Crippen molar-refractivity contribution in [1.82, 2.24) is 4.90 Å². The van der Waals surface area contributed by atoms with Gasteiger partial charge in [-0.25, -0.2) is 0 Å². The number of benzene rings is 1. The Kier molecular flexibility index (Phi) is 4.65. The molecule has 0 aliphatic carbocycles. The highest BCUT2D eigenvalue weighted by molar-refractivity contribution is 9.10. The number of hydrogen-bond donors (Lipinski definition) is 2. The fourth-order valence-corrected chi connectivity index (χ4v) is 2.95. The second kappa shape index (κ2) is 6.04. The Morgan fingerprint density at radius 1 is 1.39 bits per heavy atom. The van der Waals surface area contributed by atoms with Gasteiger partial charge in [-0.05, 0) is 47.7 Å². The number of phenolic OH excluding ortho intramolecular Hbond substituents is 1. The molecule has 18 heavy (non-hydrogen) atoms. The van der Waals surface area contributed by atoms with Gasteiger partial charge in [-0.1, -0.05) is 12.1 Å². The molecule has 2 unspecified atom stereocenters. The molecule has 1 aliphatic heterocycles. The second-order valence-electron chi connectivity index (χ2n) is 5.15. The highest BCUT2D eigenvalue weighted by Gasteiger charge is 2.25. The Labute approximate surface area is 117 Å². The van der Waals surface area contributed by atoms with Crippen molar-refractivity contribution in [3.8, 4) is 5.75 Å². The molecule has 0 spiro atoms. The molecule has 2 rings (SSSR count). The van der Waals surface area contributed by atoms with Crippen molar-refractivity contribution < 1.29 is 10.2 Å². The summed E-state index contributed by atoms with van der Waals surface area (Å²) in [5, 5.41) is 19.3. The van der Waals surface area contributed by atoms with E-state index in [0.29, 0.717) is 17.7 Å². The fourth-order valence-electron chi connectivity index (χ4n) is 2.54. The maximum Gasteiger partial charge on any atom is 0.134 e. The molecular formula is C14H20BrNO2. The van der Waals surface area contributed by atoms with Crippen LogP contribution >= 0.6 is 15.9 Å². The molecular weight excluding hydrogens is 294 g/mol. The zero-order chi connectivity index (χ0) is 13.1. The summed E-state index contributed by atoms with van der Waals surface area (Å²) in [5.74, 6) is 0.700. The molecule has 1 aromatic carbocycles. The Bertz CT molecular complexity index is 411. The molecule has 0 radical (unpaired) electrons. The van der Waals surface area contributed by atoms with E-state index in [0.717, 1.165) is 36.0 Å². The number of aromatic hydroxyl groups is 1. The van der Waals surface area contributed by atoms with E-state index >= 15 is 0 Å². The van der Waals surface area contributed by atoms with Crippen LogP contribution in [0, 0.1) is 5.92 Å². The number of hydrogen-bond acceptors (Lipinski definition) is 3. The molecule has 3 nitrogen and oxygen atoms in total. The van der Waals surface area contributed by atoms with Crippen LogP contribution in [-0.2, 0) is 6.54 Å². The van der Waals surface area contributed by atoms with Crippen molar-refractivity contribution in [1.29, 1.82) is 0 Å². The Hall–Kier alpha value is -0.580. The molecule has 1 fully saturated rings. The number of rotatable bonds is 3. The monoisotopic (exact) mass is 313 g/mol. The molecule has 1 aromatic rings. The lowest BCUT2D eigenvalue weighted by molar-refractivity contribution is 0.0766. The van der Waals surface area contributed by atoms with Gasteiger partial charge in [0.1, 0.15) is 5.75 Å². The lowest BCUT2D eigenvalue weighted by Gasteiger charge is -2.37. The second-order valence-corrected chi connectivity index (χ2v) is 6.01. The predicted molar refractivity (Wildman–Crippen MR) is 75.5 cm³/mol. The molecule has 4 heteroatoms. The lowest BCUT2D eigenvalue weighted by atomic mass is 9.93. The highest BCUT2D eigenvalue weighted by atomic mass is 79.9. The van der Waals surface area contributed by atoms with Gasteiger partial charge in [0.2, 0.25) is 0 Å². The van der Waals surface area contributed by atoms with Crippen LogP contribution in [0.4, 0.5) is 0 Å². The predicted octanol–water partition coefficient (Wildman–Crippen LogP) is 2.75. The van der Waals surface area contributed by atoms with Crippen molar-refractivity contribution in [2.75, 3.05) is 13.2 Å². The minimum absolute atomic E-state index is 0.258. The Morgan fingerprint density at radius 2 is 2.17 bits per heavy atom. The van der Waals surface area contributed by atoms with Crippen LogP contribution in [0.1, 0.15) is 25.3 Å². The average molecular weight is 314 g/mol. The zero-order valence-electron chi connectivity index (χ0n) is 10.6. The van der Waals surface area contributed by atoms with Crippen molar-refractivity contribution >= 4 is 15.9 Å². The van der Waals surface area contributed by atoms with Gasteiger partial charge in [0, 0.05) is 31.3 Å². The van der Waals surface area contributed by atoms with Crippen LogP contribution in [0.15, 0.2) is 22.7 Å². The first-order chi connectivity index (χ1) is 8.61. The van der Waals surface area contributed by atoms with Gasteiger partial charge in [0.05, 0.1) is 4.47 Å². The highest BCUT2D eigenvalue weighted by Crippen LogP contribution is 2.30. The van der Waals surface area contributed by atoms with Crippen molar-refractivity contribution in [3.63, 3.8) is 0 Å². The molecule has 0 amide bonds. The topological polar surface area (TPSA) is 43.7 Å². The van der Waals surface area contributed by atoms with E-state index in [1.807, 2.05) is 18.2 Å². The number of phenols is 1. The van der Waals surface area contributed by atoms with Gasteiger partial charge >= 0.3 is 0 Å². The minimum Gasteiger partial charge on any atom is -0.506 e. The van der Waals surface area contributed by atoms with E-state index in [1.165, 1.54) is 0 Å². The van der Waals surface area contributed by atoms with E-state index < -0.39 is 0 Å². The standard InChI is InChI=1S/C14H20BrNO2/c1-10-5-6-11(9-17)7-16(10)8-12-3-2-4-13(15)14(12)18/h2-4,10-11,17-18H,5-9H2,1H3. The summed E-state index contributed by atoms with van der Waals surface area (Å²) >= 11 is 3.34. The molecule has 1 saturated heterocycles. The molecule has 0 bridgehead atoms. The van der Waals surface area contributed by atoms with Crippen molar-refractivity contribution in [2.24, 2.45) is 5.92 Å². The van der Waals surface area contributed by atoms with E-state index in [-0.39, 0.29) is 6.61 Å². The van der Waals surface area contributed by atoms with Gasteiger partial charge in [0.15, 0.2) is 0 Å². The largest absolute Gasteiger partial charge is 0.506 e. The van der Waals surface area contributed by atoms with E-state index in [9.17, 15) is 10.2 Å². The third kappa shape index (κ3) is 3.05. The molecule has 2 atom stereocenters. The quantitative estimate of drug-likeness (QED) is 0.902. The summed E-state index contributed by atoms with van der Waals surface area (Å²) in [6.07, 6.45) is 2.21. The smallest absolute Gasteiger partial charge is 0.134 e. The Morgan fingerprint density at radius 3 is 2.89 bits per heavy atom. The first kappa shape index (κ1) is 13.8. The first-order valence-electron chi connectivity index (χ1n) is 6.43.